The van der Waals surface area contributed by atoms with Crippen LogP contribution in [-0.2, 0) is 91.9 Å². The van der Waals surface area contributed by atoms with Crippen LogP contribution < -0.4 is 0 Å². The van der Waals surface area contributed by atoms with Crippen molar-refractivity contribution in [2.75, 3.05) is 238 Å². The van der Waals surface area contributed by atoms with Crippen molar-refractivity contribution in [1.29, 1.82) is 0 Å². The van der Waals surface area contributed by atoms with Gasteiger partial charge in [0.1, 0.15) is 0 Å². The van der Waals surface area contributed by atoms with Crippen molar-refractivity contribution < 1.29 is 90.4 Å². The molecule has 366 valence electrons. The van der Waals surface area contributed by atoms with Gasteiger partial charge >= 0.3 is 0 Å². The molecule has 0 heterocycles. The van der Waals surface area contributed by atoms with Gasteiger partial charge in [0, 0.05) is 0 Å². The average molecular weight is 901 g/mol. The zero-order valence-corrected chi connectivity index (χ0v) is 37.3. The molecule has 62 heavy (non-hydrogen) atoms. The molecule has 1 rings (SSSR count). The number of benzene rings is 1. The van der Waals surface area contributed by atoms with Crippen LogP contribution in [0.1, 0.15) is 5.56 Å². The van der Waals surface area contributed by atoms with Gasteiger partial charge in [-0.3, -0.25) is 0 Å². The van der Waals surface area contributed by atoms with E-state index in [9.17, 15) is 0 Å². The Labute approximate surface area is 370 Å². The second-order valence-corrected chi connectivity index (χ2v) is 12.7. The molecular formula is C43H80O19. The molecule has 1 aromatic rings. The number of aliphatic hydroxyl groups is 1. The summed E-state index contributed by atoms with van der Waals surface area (Å²) in [4.78, 5) is 0. The third-order valence-corrected chi connectivity index (χ3v) is 7.67. The van der Waals surface area contributed by atoms with E-state index < -0.39 is 0 Å². The van der Waals surface area contributed by atoms with Gasteiger partial charge in [0.05, 0.1) is 244 Å². The minimum absolute atomic E-state index is 0.0207. The van der Waals surface area contributed by atoms with E-state index in [4.69, 9.17) is 90.4 Å². The summed E-state index contributed by atoms with van der Waals surface area (Å²) in [6.07, 6.45) is 0. The molecule has 0 aliphatic heterocycles. The third kappa shape index (κ3) is 49.5. The second kappa shape index (κ2) is 53.8. The topological polar surface area (TPSA) is 186 Å². The highest BCUT2D eigenvalue weighted by Gasteiger charge is 1.99. The summed E-state index contributed by atoms with van der Waals surface area (Å²) in [6, 6.07) is 10.1. The summed E-state index contributed by atoms with van der Waals surface area (Å²) in [7, 11) is 0. The zero-order chi connectivity index (χ0) is 44.0. The summed E-state index contributed by atoms with van der Waals surface area (Å²) in [5, 5.41) is 8.60. The smallest absolute Gasteiger partial charge is 0.0718 e. The van der Waals surface area contributed by atoms with Crippen molar-refractivity contribution in [2.45, 2.75) is 6.61 Å². The molecule has 19 heteroatoms. The highest BCUT2D eigenvalue weighted by atomic mass is 16.6. The van der Waals surface area contributed by atoms with Crippen molar-refractivity contribution in [3.63, 3.8) is 0 Å². The number of hydrogen-bond acceptors (Lipinski definition) is 19. The summed E-state index contributed by atoms with van der Waals surface area (Å²) >= 11 is 0. The number of aliphatic hydroxyl groups excluding tert-OH is 1. The van der Waals surface area contributed by atoms with Crippen molar-refractivity contribution in [2.24, 2.45) is 0 Å². The van der Waals surface area contributed by atoms with Crippen LogP contribution in [0.4, 0.5) is 0 Å². The Morgan fingerprint density at radius 3 is 0.548 bits per heavy atom. The molecule has 19 nitrogen and oxygen atoms in total. The molecule has 0 atom stereocenters. The molecular weight excluding hydrogens is 820 g/mol. The first-order valence-corrected chi connectivity index (χ1v) is 22.0. The van der Waals surface area contributed by atoms with Gasteiger partial charge in [0.15, 0.2) is 0 Å². The summed E-state index contributed by atoms with van der Waals surface area (Å²) in [6.45, 7) is 18.0. The number of ether oxygens (including phenoxy) is 18. The van der Waals surface area contributed by atoms with E-state index in [1.807, 2.05) is 30.3 Å². The van der Waals surface area contributed by atoms with Gasteiger partial charge in [-0.25, -0.2) is 0 Å². The van der Waals surface area contributed by atoms with Crippen molar-refractivity contribution >= 4 is 0 Å². The molecule has 1 N–H and O–H groups in total. The molecule has 0 aliphatic rings. The van der Waals surface area contributed by atoms with Crippen LogP contribution in [0, 0.1) is 0 Å². The van der Waals surface area contributed by atoms with E-state index in [0.29, 0.717) is 238 Å². The van der Waals surface area contributed by atoms with Crippen LogP contribution in [-0.4, -0.2) is 243 Å². The maximum absolute atomic E-state index is 8.60. The van der Waals surface area contributed by atoms with E-state index in [1.165, 1.54) is 0 Å². The van der Waals surface area contributed by atoms with E-state index in [1.54, 1.807) is 0 Å². The Kier molecular flexibility index (Phi) is 50.7. The Balaban J connectivity index is 1.59. The van der Waals surface area contributed by atoms with Crippen molar-refractivity contribution in [1.82, 2.24) is 0 Å². The first-order valence-electron chi connectivity index (χ1n) is 22.0. The predicted molar refractivity (Wildman–Crippen MR) is 227 cm³/mol. The van der Waals surface area contributed by atoms with Crippen LogP contribution in [0.2, 0.25) is 0 Å². The highest BCUT2D eigenvalue weighted by Crippen LogP contribution is 2.00. The van der Waals surface area contributed by atoms with Crippen molar-refractivity contribution in [3.8, 4) is 0 Å². The highest BCUT2D eigenvalue weighted by molar-refractivity contribution is 5.13. The SMILES string of the molecule is OCCOCCOCCOCCOCCOCCOCCOCCOCCOCCOCCOCCOCCOCCOCCOCCOCCOCCOCc1ccccc1. The van der Waals surface area contributed by atoms with E-state index in [0.717, 1.165) is 5.56 Å². The standard InChI is InChI=1S/C43H80O19/c44-6-7-45-8-9-46-10-11-47-12-13-48-14-15-49-16-17-50-18-19-51-20-21-52-22-23-53-24-25-54-26-27-55-28-29-56-30-31-57-32-33-58-34-35-59-36-37-60-38-39-61-40-41-62-42-43-4-2-1-3-5-43/h1-5,44H,6-42H2. The molecule has 0 amide bonds. The lowest BCUT2D eigenvalue weighted by atomic mass is 10.2. The largest absolute Gasteiger partial charge is 0.394 e. The summed E-state index contributed by atoms with van der Waals surface area (Å²) in [5.41, 5.74) is 1.15. The second-order valence-electron chi connectivity index (χ2n) is 12.7. The van der Waals surface area contributed by atoms with Crippen molar-refractivity contribution in [3.05, 3.63) is 35.9 Å². The van der Waals surface area contributed by atoms with Gasteiger partial charge in [0.25, 0.3) is 0 Å². The lowest BCUT2D eigenvalue weighted by molar-refractivity contribution is -0.0311. The fourth-order valence-corrected chi connectivity index (χ4v) is 4.57. The van der Waals surface area contributed by atoms with Gasteiger partial charge in [-0.1, -0.05) is 30.3 Å². The molecule has 0 aliphatic carbocycles. The minimum Gasteiger partial charge on any atom is -0.394 e. The zero-order valence-electron chi connectivity index (χ0n) is 37.3. The average Bonchev–Trinajstić information content (AvgIpc) is 3.29. The normalized spacial score (nSPS) is 11.6. The third-order valence-electron chi connectivity index (χ3n) is 7.67. The maximum atomic E-state index is 8.60. The van der Waals surface area contributed by atoms with Crippen LogP contribution in [0.3, 0.4) is 0 Å². The van der Waals surface area contributed by atoms with Crippen LogP contribution in [0.15, 0.2) is 30.3 Å². The van der Waals surface area contributed by atoms with Gasteiger partial charge in [-0.2, -0.15) is 0 Å². The lowest BCUT2D eigenvalue weighted by Crippen LogP contribution is -2.16. The monoisotopic (exact) mass is 901 g/mol. The first-order chi connectivity index (χ1) is 30.9. The Bertz CT molecular complexity index is 942. The van der Waals surface area contributed by atoms with E-state index in [-0.39, 0.29) is 6.61 Å². The quantitative estimate of drug-likeness (QED) is 0.0926. The van der Waals surface area contributed by atoms with Gasteiger partial charge in [0.2, 0.25) is 0 Å². The van der Waals surface area contributed by atoms with Crippen LogP contribution in [0.25, 0.3) is 0 Å². The Morgan fingerprint density at radius 2 is 0.371 bits per heavy atom. The molecule has 0 aromatic heterocycles. The molecule has 0 unspecified atom stereocenters. The number of rotatable bonds is 55. The van der Waals surface area contributed by atoms with E-state index >= 15 is 0 Å². The molecule has 0 spiro atoms. The number of hydrogen-bond donors (Lipinski definition) is 1. The fourth-order valence-electron chi connectivity index (χ4n) is 4.57. The lowest BCUT2D eigenvalue weighted by Gasteiger charge is -2.09. The van der Waals surface area contributed by atoms with Crippen LogP contribution in [0.5, 0.6) is 0 Å². The summed E-state index contributed by atoms with van der Waals surface area (Å²) in [5.74, 6) is 0. The van der Waals surface area contributed by atoms with Crippen LogP contribution >= 0.6 is 0 Å². The molecule has 0 saturated carbocycles. The Morgan fingerprint density at radius 1 is 0.210 bits per heavy atom. The van der Waals surface area contributed by atoms with Gasteiger partial charge < -0.3 is 90.4 Å². The van der Waals surface area contributed by atoms with E-state index in [2.05, 4.69) is 0 Å². The first kappa shape index (κ1) is 58.5. The minimum atomic E-state index is 0.0207. The molecule has 0 bridgehead atoms. The molecule has 1 aromatic carbocycles. The predicted octanol–water partition coefficient (Wildman–Crippen LogP) is 1.48. The van der Waals surface area contributed by atoms with Gasteiger partial charge in [-0.05, 0) is 5.56 Å². The van der Waals surface area contributed by atoms with Gasteiger partial charge in [-0.15, -0.1) is 0 Å². The molecule has 0 fully saturated rings. The molecule has 0 radical (unpaired) electrons. The molecule has 0 saturated heterocycles. The summed E-state index contributed by atoms with van der Waals surface area (Å²) < 4.78 is 98.3. The maximum Gasteiger partial charge on any atom is 0.0718 e. The Hall–Kier alpha value is -1.54. The fraction of sp³-hybridized carbons (Fsp3) is 0.860.